The third-order valence-electron chi connectivity index (χ3n) is 6.02. The molecule has 23 heavy (non-hydrogen) atoms. The lowest BCUT2D eigenvalue weighted by Crippen LogP contribution is -2.44. The van der Waals surface area contributed by atoms with Crippen LogP contribution in [-0.2, 0) is 16.0 Å². The van der Waals surface area contributed by atoms with E-state index < -0.39 is 5.41 Å². The van der Waals surface area contributed by atoms with Crippen molar-refractivity contribution in [3.05, 3.63) is 29.8 Å². The zero-order valence-electron chi connectivity index (χ0n) is 14.4. The summed E-state index contributed by atoms with van der Waals surface area (Å²) in [6, 6.07) is 8.05. The Bertz CT molecular complexity index is 617. The van der Waals surface area contributed by atoms with Crippen LogP contribution in [0.1, 0.15) is 58.4 Å². The van der Waals surface area contributed by atoms with Gasteiger partial charge in [0.15, 0.2) is 5.78 Å². The highest BCUT2D eigenvalue weighted by atomic mass is 16.2. The first-order valence-corrected chi connectivity index (χ1v) is 8.85. The first kappa shape index (κ1) is 16.2. The molecule has 3 nitrogen and oxygen atoms in total. The van der Waals surface area contributed by atoms with Gasteiger partial charge in [-0.1, -0.05) is 39.3 Å². The predicted octanol–water partition coefficient (Wildman–Crippen LogP) is 4.36. The summed E-state index contributed by atoms with van der Waals surface area (Å²) in [5.74, 6) is 0.396. The first-order valence-electron chi connectivity index (χ1n) is 8.85. The van der Waals surface area contributed by atoms with Gasteiger partial charge >= 0.3 is 0 Å². The molecule has 2 atom stereocenters. The molecular weight excluding hydrogens is 286 g/mol. The molecule has 0 saturated heterocycles. The predicted molar refractivity (Wildman–Crippen MR) is 92.2 cm³/mol. The van der Waals surface area contributed by atoms with Crippen LogP contribution >= 0.6 is 0 Å². The molecule has 0 radical (unpaired) electrons. The number of carbonyl (C=O) groups excluding carboxylic acids is 2. The van der Waals surface area contributed by atoms with E-state index in [1.807, 2.05) is 26.0 Å². The van der Waals surface area contributed by atoms with Crippen molar-refractivity contribution >= 4 is 17.4 Å². The monoisotopic (exact) mass is 313 g/mol. The normalized spacial score (nSPS) is 28.1. The van der Waals surface area contributed by atoms with Crippen molar-refractivity contribution in [3.8, 4) is 0 Å². The van der Waals surface area contributed by atoms with E-state index in [-0.39, 0.29) is 17.1 Å². The van der Waals surface area contributed by atoms with Gasteiger partial charge in [0.25, 0.3) is 0 Å². The topological polar surface area (TPSA) is 46.2 Å². The summed E-state index contributed by atoms with van der Waals surface area (Å²) in [5, 5.41) is 2.99. The fourth-order valence-electron chi connectivity index (χ4n) is 4.37. The Kier molecular flexibility index (Phi) is 4.07. The second-order valence-electron chi connectivity index (χ2n) is 7.83. The molecule has 2 bridgehead atoms. The molecule has 3 heteroatoms. The van der Waals surface area contributed by atoms with Crippen LogP contribution in [0.5, 0.6) is 0 Å². The SMILES string of the molecule is CCCCc1ccc(NC(=O)C23CCC(C2)C(C)(C)C3=O)cc1. The lowest BCUT2D eigenvalue weighted by Gasteiger charge is -2.32. The van der Waals surface area contributed by atoms with Crippen LogP contribution in [0.15, 0.2) is 24.3 Å². The van der Waals surface area contributed by atoms with Crippen molar-refractivity contribution in [2.24, 2.45) is 16.7 Å². The molecule has 2 aliphatic rings. The lowest BCUT2D eigenvalue weighted by molar-refractivity contribution is -0.142. The van der Waals surface area contributed by atoms with Gasteiger partial charge in [-0.25, -0.2) is 0 Å². The van der Waals surface area contributed by atoms with E-state index in [9.17, 15) is 9.59 Å². The summed E-state index contributed by atoms with van der Waals surface area (Å²) >= 11 is 0. The van der Waals surface area contributed by atoms with Crippen molar-refractivity contribution in [3.63, 3.8) is 0 Å². The van der Waals surface area contributed by atoms with Gasteiger partial charge in [0.05, 0.1) is 0 Å². The molecule has 0 aromatic heterocycles. The van der Waals surface area contributed by atoms with Crippen LogP contribution in [0, 0.1) is 16.7 Å². The third kappa shape index (κ3) is 2.60. The Morgan fingerprint density at radius 3 is 2.52 bits per heavy atom. The molecule has 2 fully saturated rings. The molecule has 2 aliphatic carbocycles. The minimum atomic E-state index is -0.783. The Morgan fingerprint density at radius 2 is 1.96 bits per heavy atom. The minimum absolute atomic E-state index is 0.100. The van der Waals surface area contributed by atoms with E-state index in [1.165, 1.54) is 18.4 Å². The number of Topliss-reactive ketones (excluding diaryl/α,β-unsaturated/α-hetero) is 1. The quantitative estimate of drug-likeness (QED) is 0.821. The zero-order valence-corrected chi connectivity index (χ0v) is 14.4. The lowest BCUT2D eigenvalue weighted by atomic mass is 9.70. The molecule has 2 unspecified atom stereocenters. The molecule has 124 valence electrons. The van der Waals surface area contributed by atoms with Crippen LogP contribution in [0.4, 0.5) is 5.69 Å². The smallest absolute Gasteiger partial charge is 0.238 e. The van der Waals surface area contributed by atoms with Crippen molar-refractivity contribution in [1.82, 2.24) is 0 Å². The van der Waals surface area contributed by atoms with E-state index in [1.54, 1.807) is 0 Å². The van der Waals surface area contributed by atoms with E-state index >= 15 is 0 Å². The molecule has 2 saturated carbocycles. The summed E-state index contributed by atoms with van der Waals surface area (Å²) in [4.78, 5) is 25.6. The van der Waals surface area contributed by atoms with Crippen LogP contribution in [-0.4, -0.2) is 11.7 Å². The molecule has 3 rings (SSSR count). The highest BCUT2D eigenvalue weighted by Crippen LogP contribution is 2.60. The van der Waals surface area contributed by atoms with Gasteiger partial charge < -0.3 is 5.32 Å². The molecule has 1 aromatic rings. The molecule has 0 spiro atoms. The fraction of sp³-hybridized carbons (Fsp3) is 0.600. The van der Waals surface area contributed by atoms with E-state index in [2.05, 4.69) is 24.4 Å². The van der Waals surface area contributed by atoms with E-state index in [0.717, 1.165) is 24.9 Å². The number of unbranched alkanes of at least 4 members (excludes halogenated alkanes) is 1. The third-order valence-corrected chi connectivity index (χ3v) is 6.02. The maximum Gasteiger partial charge on any atom is 0.238 e. The van der Waals surface area contributed by atoms with Crippen LogP contribution in [0.25, 0.3) is 0 Å². The number of aryl methyl sites for hydroxylation is 1. The van der Waals surface area contributed by atoms with Crippen LogP contribution in [0.2, 0.25) is 0 Å². The van der Waals surface area contributed by atoms with Gasteiger partial charge in [-0.05, 0) is 55.7 Å². The summed E-state index contributed by atoms with van der Waals surface area (Å²) in [7, 11) is 0. The maximum atomic E-state index is 12.8. The average Bonchev–Trinajstić information content (AvgIpc) is 3.06. The molecule has 1 N–H and O–H groups in total. The second-order valence-corrected chi connectivity index (χ2v) is 7.83. The fourth-order valence-corrected chi connectivity index (χ4v) is 4.37. The van der Waals surface area contributed by atoms with Gasteiger partial charge in [0.1, 0.15) is 5.41 Å². The van der Waals surface area contributed by atoms with Gasteiger partial charge in [0, 0.05) is 11.1 Å². The van der Waals surface area contributed by atoms with Gasteiger partial charge in [0.2, 0.25) is 5.91 Å². The number of anilines is 1. The summed E-state index contributed by atoms with van der Waals surface area (Å²) in [5.41, 5.74) is 0.960. The number of benzene rings is 1. The molecular formula is C20H27NO2. The molecule has 1 aromatic carbocycles. The molecule has 0 heterocycles. The second kappa shape index (κ2) is 5.77. The van der Waals surface area contributed by atoms with Crippen molar-refractivity contribution < 1.29 is 9.59 Å². The Morgan fingerprint density at radius 1 is 1.26 bits per heavy atom. The van der Waals surface area contributed by atoms with Crippen molar-refractivity contribution in [1.29, 1.82) is 0 Å². The number of rotatable bonds is 5. The maximum absolute atomic E-state index is 12.8. The summed E-state index contributed by atoms with van der Waals surface area (Å²) in [6.45, 7) is 6.18. The van der Waals surface area contributed by atoms with E-state index in [0.29, 0.717) is 12.3 Å². The van der Waals surface area contributed by atoms with Crippen molar-refractivity contribution in [2.45, 2.75) is 59.3 Å². The zero-order chi connectivity index (χ0) is 16.7. The van der Waals surface area contributed by atoms with Crippen LogP contribution in [0.3, 0.4) is 0 Å². The van der Waals surface area contributed by atoms with Gasteiger partial charge in [-0.15, -0.1) is 0 Å². The van der Waals surface area contributed by atoms with E-state index in [4.69, 9.17) is 0 Å². The van der Waals surface area contributed by atoms with Gasteiger partial charge in [-0.3, -0.25) is 9.59 Å². The number of nitrogens with one attached hydrogen (secondary N) is 1. The number of hydrogen-bond donors (Lipinski definition) is 1. The number of ketones is 1. The van der Waals surface area contributed by atoms with Crippen LogP contribution < -0.4 is 5.32 Å². The number of hydrogen-bond acceptors (Lipinski definition) is 2. The Hall–Kier alpha value is -1.64. The standard InChI is InChI=1S/C20H27NO2/c1-4-5-6-14-7-9-16(10-8-14)21-18(23)20-12-11-15(13-20)19(2,3)17(20)22/h7-10,15H,4-6,11-13H2,1-3H3,(H,21,23). The largest absolute Gasteiger partial charge is 0.325 e. The summed E-state index contributed by atoms with van der Waals surface area (Å²) in [6.07, 6.45) is 5.85. The highest BCUT2D eigenvalue weighted by Gasteiger charge is 2.64. The molecule has 1 amide bonds. The Labute approximate surface area is 138 Å². The average molecular weight is 313 g/mol. The highest BCUT2D eigenvalue weighted by molar-refractivity contribution is 6.15. The minimum Gasteiger partial charge on any atom is -0.325 e. The van der Waals surface area contributed by atoms with Crippen molar-refractivity contribution in [2.75, 3.05) is 5.32 Å². The summed E-state index contributed by atoms with van der Waals surface area (Å²) < 4.78 is 0. The number of amides is 1. The van der Waals surface area contributed by atoms with Gasteiger partial charge in [-0.2, -0.15) is 0 Å². The first-order chi connectivity index (χ1) is 10.9. The Balaban J connectivity index is 1.71. The molecule has 0 aliphatic heterocycles. The number of fused-ring (bicyclic) bond motifs is 2. The number of carbonyl (C=O) groups is 2.